The van der Waals surface area contributed by atoms with Crippen molar-refractivity contribution in [2.75, 3.05) is 0 Å². The number of Topliss-reactive ketones (excluding diaryl/α,β-unsaturated/α-hetero) is 1. The molecular formula is C19H21ClN2O5S2. The highest BCUT2D eigenvalue weighted by Crippen LogP contribution is 2.31. The average molecular weight is 457 g/mol. The first kappa shape index (κ1) is 21.8. The van der Waals surface area contributed by atoms with Gasteiger partial charge in [0.05, 0.1) is 9.91 Å². The summed E-state index contributed by atoms with van der Waals surface area (Å²) in [5.74, 6) is -0.210. The topological polar surface area (TPSA) is 105 Å². The van der Waals surface area contributed by atoms with Crippen molar-refractivity contribution < 1.29 is 23.2 Å². The molecule has 10 heteroatoms. The lowest BCUT2D eigenvalue weighted by Gasteiger charge is -2.24. The number of aromatic hydroxyl groups is 1. The highest BCUT2D eigenvalue weighted by atomic mass is 35.5. The summed E-state index contributed by atoms with van der Waals surface area (Å²) >= 11 is 7.07. The molecule has 1 unspecified atom stereocenters. The highest BCUT2D eigenvalue weighted by molar-refractivity contribution is 7.89. The van der Waals surface area contributed by atoms with Crippen molar-refractivity contribution in [3.05, 3.63) is 55.9 Å². The first-order chi connectivity index (χ1) is 13.5. The van der Waals surface area contributed by atoms with E-state index in [9.17, 15) is 18.3 Å². The third-order valence-electron chi connectivity index (χ3n) is 4.84. The van der Waals surface area contributed by atoms with E-state index in [1.54, 1.807) is 25.3 Å². The van der Waals surface area contributed by atoms with Crippen LogP contribution < -0.4 is 10.2 Å². The largest absolute Gasteiger partial charge is 0.507 e. The molecule has 0 fully saturated rings. The maximum Gasteiger partial charge on any atom is 0.244 e. The van der Waals surface area contributed by atoms with Crippen LogP contribution in [0.3, 0.4) is 0 Å². The molecule has 1 atom stereocenters. The zero-order valence-corrected chi connectivity index (χ0v) is 18.7. The quantitative estimate of drug-likeness (QED) is 0.575. The number of aryl methyl sites for hydroxylation is 2. The lowest BCUT2D eigenvalue weighted by molar-refractivity contribution is 0.0989. The van der Waals surface area contributed by atoms with Crippen molar-refractivity contribution in [3.8, 4) is 5.75 Å². The summed E-state index contributed by atoms with van der Waals surface area (Å²) in [5, 5.41) is 11.9. The summed E-state index contributed by atoms with van der Waals surface area (Å²) in [5.41, 5.74) is 4.05. The molecule has 0 bridgehead atoms. The van der Waals surface area contributed by atoms with Crippen molar-refractivity contribution in [2.45, 2.75) is 44.7 Å². The molecule has 7 nitrogen and oxygen atoms in total. The number of hydroxylamine groups is 1. The van der Waals surface area contributed by atoms with Gasteiger partial charge in [0.2, 0.25) is 10.0 Å². The molecule has 156 valence electrons. The van der Waals surface area contributed by atoms with Crippen molar-refractivity contribution in [3.63, 3.8) is 0 Å². The van der Waals surface area contributed by atoms with Gasteiger partial charge in [-0.3, -0.25) is 4.79 Å². The number of halogens is 1. The van der Waals surface area contributed by atoms with E-state index in [4.69, 9.17) is 16.4 Å². The predicted molar refractivity (Wildman–Crippen MR) is 112 cm³/mol. The third-order valence-corrected chi connectivity index (χ3v) is 7.99. The standard InChI is InChI=1S/C19H21ClN2O5S2/c1-10-7-11(2)17(24)12(3)13(10)8-14(23)18-15(5-6-28-18)29(25,26)22-19(4)16(20)9-27-21-19/h5-7,9,21-22,24H,8H2,1-4H3. The van der Waals surface area contributed by atoms with Gasteiger partial charge in [0.15, 0.2) is 11.4 Å². The minimum Gasteiger partial charge on any atom is -0.507 e. The van der Waals surface area contributed by atoms with E-state index in [-0.39, 0.29) is 32.8 Å². The Kier molecular flexibility index (Phi) is 5.81. The average Bonchev–Trinajstić information content (AvgIpc) is 3.24. The minimum atomic E-state index is -4.07. The van der Waals surface area contributed by atoms with Gasteiger partial charge < -0.3 is 9.94 Å². The van der Waals surface area contributed by atoms with Gasteiger partial charge in [-0.25, -0.2) is 8.42 Å². The zero-order chi connectivity index (χ0) is 21.6. The van der Waals surface area contributed by atoms with E-state index < -0.39 is 15.7 Å². The highest BCUT2D eigenvalue weighted by Gasteiger charge is 2.39. The SMILES string of the molecule is Cc1cc(C)c(CC(=O)c2sccc2S(=O)(=O)NC2(C)NOC=C2Cl)c(C)c1O. The Hall–Kier alpha value is -1.91. The van der Waals surface area contributed by atoms with Crippen LogP contribution in [0.15, 0.2) is 33.7 Å². The van der Waals surface area contributed by atoms with Crippen LogP contribution in [0.5, 0.6) is 5.75 Å². The predicted octanol–water partition coefficient (Wildman–Crippen LogP) is 3.41. The Morgan fingerprint density at radius 2 is 2.03 bits per heavy atom. The molecule has 3 rings (SSSR count). The van der Waals surface area contributed by atoms with Gasteiger partial charge in [-0.15, -0.1) is 16.8 Å². The molecule has 2 aromatic rings. The molecule has 0 saturated carbocycles. The summed E-state index contributed by atoms with van der Waals surface area (Å²) in [7, 11) is -4.07. The molecule has 1 aliphatic rings. The van der Waals surface area contributed by atoms with Crippen LogP contribution in [0, 0.1) is 20.8 Å². The summed E-state index contributed by atoms with van der Waals surface area (Å²) < 4.78 is 28.3. The fraction of sp³-hybridized carbons (Fsp3) is 0.316. The second-order valence-corrected chi connectivity index (χ2v) is 10.1. The molecule has 0 radical (unpaired) electrons. The second kappa shape index (κ2) is 7.73. The monoisotopic (exact) mass is 456 g/mol. The number of carbonyl (C=O) groups excluding carboxylic acids is 1. The molecule has 1 aromatic carbocycles. The summed E-state index contributed by atoms with van der Waals surface area (Å²) in [6.07, 6.45) is 1.17. The van der Waals surface area contributed by atoms with Crippen LogP contribution >= 0.6 is 22.9 Å². The number of carbonyl (C=O) groups is 1. The van der Waals surface area contributed by atoms with Gasteiger partial charge in [-0.05, 0) is 61.4 Å². The number of thiophene rings is 1. The molecule has 0 aliphatic carbocycles. The van der Waals surface area contributed by atoms with E-state index in [1.807, 2.05) is 6.92 Å². The summed E-state index contributed by atoms with van der Waals surface area (Å²) in [6.45, 7) is 6.90. The number of nitrogens with one attached hydrogen (secondary N) is 2. The lowest BCUT2D eigenvalue weighted by atomic mass is 9.94. The van der Waals surface area contributed by atoms with Gasteiger partial charge in [0.25, 0.3) is 0 Å². The van der Waals surface area contributed by atoms with Gasteiger partial charge in [0.1, 0.15) is 16.9 Å². The van der Waals surface area contributed by atoms with E-state index >= 15 is 0 Å². The number of sulfonamides is 1. The Bertz CT molecular complexity index is 1120. The molecular weight excluding hydrogens is 436 g/mol. The minimum absolute atomic E-state index is 0.0200. The van der Waals surface area contributed by atoms with Crippen molar-refractivity contribution >= 4 is 38.7 Å². The van der Waals surface area contributed by atoms with Crippen LogP contribution in [-0.2, 0) is 21.3 Å². The van der Waals surface area contributed by atoms with Gasteiger partial charge in [-0.2, -0.15) is 4.72 Å². The van der Waals surface area contributed by atoms with E-state index in [1.165, 1.54) is 19.3 Å². The maximum atomic E-state index is 13.0. The lowest BCUT2D eigenvalue weighted by Crippen LogP contribution is -2.53. The molecule has 0 amide bonds. The Labute approximate surface area is 178 Å². The number of rotatable bonds is 6. The molecule has 2 heterocycles. The molecule has 1 aromatic heterocycles. The molecule has 0 saturated heterocycles. The van der Waals surface area contributed by atoms with Crippen LogP contribution in [0.2, 0.25) is 0 Å². The number of benzene rings is 1. The molecule has 1 aliphatic heterocycles. The first-order valence-corrected chi connectivity index (χ1v) is 11.4. The Morgan fingerprint density at radius 1 is 1.34 bits per heavy atom. The number of phenolic OH excluding ortho intramolecular Hbond substituents is 1. The van der Waals surface area contributed by atoms with Crippen LogP contribution in [0.4, 0.5) is 0 Å². The summed E-state index contributed by atoms with van der Waals surface area (Å²) in [6, 6.07) is 3.18. The van der Waals surface area contributed by atoms with E-state index in [2.05, 4.69) is 10.2 Å². The first-order valence-electron chi connectivity index (χ1n) is 8.68. The number of hydrogen-bond donors (Lipinski definition) is 3. The zero-order valence-electron chi connectivity index (χ0n) is 16.3. The van der Waals surface area contributed by atoms with Crippen molar-refractivity contribution in [1.82, 2.24) is 10.2 Å². The van der Waals surface area contributed by atoms with Crippen LogP contribution in [-0.4, -0.2) is 25.0 Å². The van der Waals surface area contributed by atoms with Crippen LogP contribution in [0.1, 0.15) is 38.8 Å². The fourth-order valence-electron chi connectivity index (χ4n) is 3.20. The Morgan fingerprint density at radius 3 is 2.66 bits per heavy atom. The van der Waals surface area contributed by atoms with E-state index in [0.717, 1.165) is 22.5 Å². The van der Waals surface area contributed by atoms with Crippen molar-refractivity contribution in [2.24, 2.45) is 0 Å². The molecule has 3 N–H and O–H groups in total. The van der Waals surface area contributed by atoms with Gasteiger partial charge in [-0.1, -0.05) is 17.7 Å². The number of phenols is 1. The second-order valence-electron chi connectivity index (χ2n) is 7.09. The molecule has 0 spiro atoms. The van der Waals surface area contributed by atoms with Crippen molar-refractivity contribution in [1.29, 1.82) is 0 Å². The van der Waals surface area contributed by atoms with Gasteiger partial charge >= 0.3 is 0 Å². The van der Waals surface area contributed by atoms with Gasteiger partial charge in [0, 0.05) is 6.42 Å². The summed E-state index contributed by atoms with van der Waals surface area (Å²) in [4.78, 5) is 17.8. The maximum absolute atomic E-state index is 13.0. The Balaban J connectivity index is 1.92. The third kappa shape index (κ3) is 4.06. The molecule has 29 heavy (non-hydrogen) atoms. The number of ketones is 1. The number of hydrogen-bond acceptors (Lipinski definition) is 7. The van der Waals surface area contributed by atoms with E-state index in [0.29, 0.717) is 11.1 Å². The normalized spacial score (nSPS) is 19.1. The fourth-order valence-corrected chi connectivity index (χ4v) is 6.08. The van der Waals surface area contributed by atoms with Crippen LogP contribution in [0.25, 0.3) is 0 Å². The smallest absolute Gasteiger partial charge is 0.244 e.